The maximum absolute atomic E-state index is 5.84. The molecular weight excluding hydrogens is 258 g/mol. The standard InChI is InChI=1S/C8H8ClI/c1-6-4-7(5-10)2-3-8(6)9/h2-4H,5H2,1H3. The molecule has 0 aliphatic rings. The Balaban J connectivity index is 3.04. The van der Waals surface area contributed by atoms with Gasteiger partial charge in [0, 0.05) is 9.45 Å². The van der Waals surface area contributed by atoms with Gasteiger partial charge in [-0.1, -0.05) is 46.3 Å². The van der Waals surface area contributed by atoms with Crippen molar-refractivity contribution < 1.29 is 0 Å². The first-order valence-corrected chi connectivity index (χ1v) is 4.95. The van der Waals surface area contributed by atoms with Gasteiger partial charge in [-0.3, -0.25) is 0 Å². The van der Waals surface area contributed by atoms with Crippen molar-refractivity contribution in [1.82, 2.24) is 0 Å². The minimum atomic E-state index is 0.855. The average molecular weight is 267 g/mol. The maximum atomic E-state index is 5.84. The number of benzene rings is 1. The van der Waals surface area contributed by atoms with Crippen molar-refractivity contribution in [3.8, 4) is 0 Å². The zero-order valence-electron chi connectivity index (χ0n) is 5.70. The number of halogens is 2. The second-order valence-corrected chi connectivity index (χ2v) is 3.39. The van der Waals surface area contributed by atoms with Gasteiger partial charge in [-0.2, -0.15) is 0 Å². The molecule has 54 valence electrons. The Morgan fingerprint density at radius 1 is 1.50 bits per heavy atom. The summed E-state index contributed by atoms with van der Waals surface area (Å²) in [6.45, 7) is 2.03. The third kappa shape index (κ3) is 1.86. The Morgan fingerprint density at radius 2 is 2.20 bits per heavy atom. The van der Waals surface area contributed by atoms with Crippen LogP contribution in [0.25, 0.3) is 0 Å². The van der Waals surface area contributed by atoms with Crippen molar-refractivity contribution in [1.29, 1.82) is 0 Å². The van der Waals surface area contributed by atoms with E-state index < -0.39 is 0 Å². The molecule has 0 aliphatic heterocycles. The largest absolute Gasteiger partial charge is 0.0841 e. The van der Waals surface area contributed by atoms with Crippen LogP contribution in [0.2, 0.25) is 5.02 Å². The molecule has 0 spiro atoms. The van der Waals surface area contributed by atoms with Gasteiger partial charge in [0.1, 0.15) is 0 Å². The van der Waals surface area contributed by atoms with Crippen molar-refractivity contribution in [2.45, 2.75) is 11.4 Å². The fourth-order valence-corrected chi connectivity index (χ4v) is 1.38. The maximum Gasteiger partial charge on any atom is 0.0435 e. The van der Waals surface area contributed by atoms with Crippen molar-refractivity contribution in [2.24, 2.45) is 0 Å². The normalized spacial score (nSPS) is 9.90. The lowest BCUT2D eigenvalue weighted by molar-refractivity contribution is 1.38. The lowest BCUT2D eigenvalue weighted by Crippen LogP contribution is -1.79. The first-order valence-electron chi connectivity index (χ1n) is 3.05. The molecule has 1 aromatic carbocycles. The van der Waals surface area contributed by atoms with E-state index in [-0.39, 0.29) is 0 Å². The molecule has 0 nitrogen and oxygen atoms in total. The quantitative estimate of drug-likeness (QED) is 0.538. The van der Waals surface area contributed by atoms with Gasteiger partial charge in [-0.25, -0.2) is 0 Å². The van der Waals surface area contributed by atoms with E-state index in [1.807, 2.05) is 13.0 Å². The predicted molar refractivity (Wildman–Crippen MR) is 53.9 cm³/mol. The van der Waals surface area contributed by atoms with Crippen LogP contribution in [-0.4, -0.2) is 0 Å². The van der Waals surface area contributed by atoms with Gasteiger partial charge >= 0.3 is 0 Å². The van der Waals surface area contributed by atoms with E-state index in [9.17, 15) is 0 Å². The van der Waals surface area contributed by atoms with Gasteiger partial charge in [0.25, 0.3) is 0 Å². The summed E-state index contributed by atoms with van der Waals surface area (Å²) in [6, 6.07) is 6.13. The highest BCUT2D eigenvalue weighted by Crippen LogP contribution is 2.17. The van der Waals surface area contributed by atoms with Crippen LogP contribution in [0.5, 0.6) is 0 Å². The van der Waals surface area contributed by atoms with Crippen LogP contribution in [0.1, 0.15) is 11.1 Å². The van der Waals surface area contributed by atoms with Gasteiger partial charge in [0.05, 0.1) is 0 Å². The molecule has 0 saturated heterocycles. The summed E-state index contributed by atoms with van der Waals surface area (Å²) in [6.07, 6.45) is 0. The predicted octanol–water partition coefficient (Wildman–Crippen LogP) is 3.58. The Kier molecular flexibility index (Phi) is 2.98. The highest BCUT2D eigenvalue weighted by atomic mass is 127. The molecule has 0 aromatic heterocycles. The number of hydrogen-bond acceptors (Lipinski definition) is 0. The smallest absolute Gasteiger partial charge is 0.0435 e. The zero-order chi connectivity index (χ0) is 7.56. The van der Waals surface area contributed by atoms with E-state index in [0.717, 1.165) is 15.0 Å². The Hall–Kier alpha value is 0.240. The monoisotopic (exact) mass is 266 g/mol. The molecule has 0 heterocycles. The van der Waals surface area contributed by atoms with Crippen molar-refractivity contribution >= 4 is 34.2 Å². The molecule has 0 radical (unpaired) electrons. The van der Waals surface area contributed by atoms with Crippen LogP contribution in [-0.2, 0) is 4.43 Å². The van der Waals surface area contributed by atoms with E-state index in [2.05, 4.69) is 34.7 Å². The summed E-state index contributed by atoms with van der Waals surface area (Å²) in [5, 5.41) is 0.855. The van der Waals surface area contributed by atoms with E-state index >= 15 is 0 Å². The van der Waals surface area contributed by atoms with Gasteiger partial charge in [-0.05, 0) is 24.1 Å². The third-order valence-electron chi connectivity index (χ3n) is 1.38. The molecule has 2 heteroatoms. The number of alkyl halides is 1. The van der Waals surface area contributed by atoms with Gasteiger partial charge in [-0.15, -0.1) is 0 Å². The molecule has 1 aromatic rings. The molecule has 0 atom stereocenters. The number of aryl methyl sites for hydroxylation is 1. The van der Waals surface area contributed by atoms with Gasteiger partial charge < -0.3 is 0 Å². The summed E-state index contributed by atoms with van der Waals surface area (Å²) < 4.78 is 1.05. The minimum Gasteiger partial charge on any atom is -0.0841 e. The molecule has 0 saturated carbocycles. The Morgan fingerprint density at radius 3 is 2.70 bits per heavy atom. The second kappa shape index (κ2) is 3.58. The first kappa shape index (κ1) is 8.34. The SMILES string of the molecule is Cc1cc(CI)ccc1Cl. The van der Waals surface area contributed by atoms with Gasteiger partial charge in [0.2, 0.25) is 0 Å². The number of hydrogen-bond donors (Lipinski definition) is 0. The van der Waals surface area contributed by atoms with E-state index in [0.29, 0.717) is 0 Å². The fraction of sp³-hybridized carbons (Fsp3) is 0.250. The topological polar surface area (TPSA) is 0 Å². The lowest BCUT2D eigenvalue weighted by Gasteiger charge is -1.98. The molecular formula is C8H8ClI. The average Bonchev–Trinajstić information content (AvgIpc) is 1.95. The second-order valence-electron chi connectivity index (χ2n) is 2.22. The summed E-state index contributed by atoms with van der Waals surface area (Å²) >= 11 is 8.17. The van der Waals surface area contributed by atoms with Crippen LogP contribution >= 0.6 is 34.2 Å². The highest BCUT2D eigenvalue weighted by Gasteiger charge is 1.94. The Bertz CT molecular complexity index is 233. The summed E-state index contributed by atoms with van der Waals surface area (Å²) in [5.74, 6) is 0. The first-order chi connectivity index (χ1) is 4.74. The Labute approximate surface area is 79.7 Å². The number of rotatable bonds is 1. The lowest BCUT2D eigenvalue weighted by atomic mass is 10.2. The molecule has 10 heavy (non-hydrogen) atoms. The van der Waals surface area contributed by atoms with E-state index in [1.165, 1.54) is 5.56 Å². The van der Waals surface area contributed by atoms with Crippen molar-refractivity contribution in [3.63, 3.8) is 0 Å². The molecule has 0 aliphatic carbocycles. The summed E-state index contributed by atoms with van der Waals surface area (Å²) in [4.78, 5) is 0. The minimum absolute atomic E-state index is 0.855. The summed E-state index contributed by atoms with van der Waals surface area (Å²) in [5.41, 5.74) is 2.50. The summed E-state index contributed by atoms with van der Waals surface area (Å²) in [7, 11) is 0. The third-order valence-corrected chi connectivity index (χ3v) is 2.68. The fourth-order valence-electron chi connectivity index (χ4n) is 0.790. The van der Waals surface area contributed by atoms with Crippen LogP contribution < -0.4 is 0 Å². The molecule has 1 rings (SSSR count). The molecule has 0 unspecified atom stereocenters. The van der Waals surface area contributed by atoms with Crippen LogP contribution in [0, 0.1) is 6.92 Å². The van der Waals surface area contributed by atoms with Crippen LogP contribution in [0.4, 0.5) is 0 Å². The van der Waals surface area contributed by atoms with Crippen molar-refractivity contribution in [2.75, 3.05) is 0 Å². The van der Waals surface area contributed by atoms with Crippen molar-refractivity contribution in [3.05, 3.63) is 34.3 Å². The zero-order valence-corrected chi connectivity index (χ0v) is 8.61. The van der Waals surface area contributed by atoms with E-state index in [4.69, 9.17) is 11.6 Å². The molecule has 0 amide bonds. The van der Waals surface area contributed by atoms with Crippen LogP contribution in [0.3, 0.4) is 0 Å². The van der Waals surface area contributed by atoms with E-state index in [1.54, 1.807) is 0 Å². The van der Waals surface area contributed by atoms with Crippen LogP contribution in [0.15, 0.2) is 18.2 Å². The molecule has 0 fully saturated rings. The molecule has 0 N–H and O–H groups in total. The highest BCUT2D eigenvalue weighted by molar-refractivity contribution is 14.1. The van der Waals surface area contributed by atoms with Gasteiger partial charge in [0.15, 0.2) is 0 Å². The molecule has 0 bridgehead atoms.